The number of hydrogen-bond donors (Lipinski definition) is 0. The average Bonchev–Trinajstić information content (AvgIpc) is 2.81. The minimum atomic E-state index is 0.500. The zero-order chi connectivity index (χ0) is 32.3. The van der Waals surface area contributed by atoms with E-state index >= 15 is 0 Å². The van der Waals surface area contributed by atoms with Crippen LogP contribution in [-0.2, 0) is 0 Å². The molecule has 0 aromatic heterocycles. The molecule has 0 aliphatic heterocycles. The van der Waals surface area contributed by atoms with E-state index in [-0.39, 0.29) is 0 Å². The van der Waals surface area contributed by atoms with Gasteiger partial charge in [-0.1, -0.05) is 104 Å². The van der Waals surface area contributed by atoms with E-state index in [1.165, 1.54) is 62.2 Å². The van der Waals surface area contributed by atoms with Crippen molar-refractivity contribution in [3.63, 3.8) is 0 Å². The van der Waals surface area contributed by atoms with Gasteiger partial charge in [-0.05, 0) is 169 Å². The minimum absolute atomic E-state index is 0.500. The van der Waals surface area contributed by atoms with E-state index < -0.39 is 0 Å². The summed E-state index contributed by atoms with van der Waals surface area (Å²) in [6, 6.07) is 0. The van der Waals surface area contributed by atoms with Gasteiger partial charge in [0, 0.05) is 0 Å². The zero-order valence-electron chi connectivity index (χ0n) is 32.3. The molecule has 0 N–H and O–H groups in total. The largest absolute Gasteiger partial charge is 0.0619 e. The number of hydrogen-bond acceptors (Lipinski definition) is 0. The van der Waals surface area contributed by atoms with Crippen LogP contribution in [0.4, 0.5) is 0 Å². The van der Waals surface area contributed by atoms with E-state index in [1.807, 2.05) is 0 Å². The van der Waals surface area contributed by atoms with Crippen LogP contribution in [0.1, 0.15) is 181 Å². The standard InChI is InChI=1S/2C14H26.C10H16.C5H12/c1-9-11(13(2,3)4)7-10-8-12(9)14(10,5)6;1-13(2,3)9-10-6-7-11-8-12(10)14(11,4)5;1-7-2-9-4-8(1)5-10(3-7)6-9;1-5(2,3)4/h9-12H,7-8H2,1-6H3;10-12H,6-9H2,1-5H3;7-10H,1-6H2;1-4H3. The van der Waals surface area contributed by atoms with E-state index in [0.29, 0.717) is 27.1 Å². The molecule has 7 atom stereocenters. The van der Waals surface area contributed by atoms with Crippen LogP contribution in [0.5, 0.6) is 0 Å². The molecule has 0 spiro atoms. The number of fused-ring (bicyclic) bond motifs is 4. The summed E-state index contributed by atoms with van der Waals surface area (Å²) in [5.41, 5.74) is 2.88. The molecule has 0 heteroatoms. The summed E-state index contributed by atoms with van der Waals surface area (Å²) < 4.78 is 0. The van der Waals surface area contributed by atoms with E-state index in [2.05, 4.69) is 104 Å². The Morgan fingerprint density at radius 2 is 0.907 bits per heavy atom. The van der Waals surface area contributed by atoms with Gasteiger partial charge in [0.05, 0.1) is 0 Å². The summed E-state index contributed by atoms with van der Waals surface area (Å²) in [5.74, 6) is 11.8. The molecule has 43 heavy (non-hydrogen) atoms. The van der Waals surface area contributed by atoms with Crippen molar-refractivity contribution in [1.29, 1.82) is 0 Å². The fourth-order valence-electron chi connectivity index (χ4n) is 12.3. The van der Waals surface area contributed by atoms with Crippen LogP contribution in [0.25, 0.3) is 0 Å². The minimum Gasteiger partial charge on any atom is -0.0619 e. The summed E-state index contributed by atoms with van der Waals surface area (Å²) in [5, 5.41) is 0. The molecule has 0 radical (unpaired) electrons. The molecule has 252 valence electrons. The third kappa shape index (κ3) is 8.68. The highest BCUT2D eigenvalue weighted by Crippen LogP contribution is 2.65. The van der Waals surface area contributed by atoms with Gasteiger partial charge in [-0.3, -0.25) is 0 Å². The summed E-state index contributed by atoms with van der Waals surface area (Å²) in [7, 11) is 0. The molecule has 10 fully saturated rings. The second-order valence-corrected chi connectivity index (χ2v) is 22.8. The summed E-state index contributed by atoms with van der Waals surface area (Å²) in [4.78, 5) is 0. The topological polar surface area (TPSA) is 0 Å². The molecule has 8 bridgehead atoms. The fraction of sp³-hybridized carbons (Fsp3) is 1.00. The van der Waals surface area contributed by atoms with E-state index in [1.54, 1.807) is 38.5 Å². The lowest BCUT2D eigenvalue weighted by molar-refractivity contribution is -0.150. The first-order valence-electron chi connectivity index (χ1n) is 19.4. The van der Waals surface area contributed by atoms with Gasteiger partial charge in [-0.15, -0.1) is 0 Å². The second-order valence-electron chi connectivity index (χ2n) is 22.8. The molecule has 0 aromatic rings. The quantitative estimate of drug-likeness (QED) is 0.282. The van der Waals surface area contributed by atoms with Gasteiger partial charge < -0.3 is 0 Å². The van der Waals surface area contributed by atoms with Crippen LogP contribution >= 0.6 is 0 Å². The summed E-state index contributed by atoms with van der Waals surface area (Å²) in [6.45, 7) is 35.7. The predicted octanol–water partition coefficient (Wildman–Crippen LogP) is 13.7. The molecule has 10 aliphatic carbocycles. The van der Waals surface area contributed by atoms with Crippen LogP contribution in [0.3, 0.4) is 0 Å². The molecule has 10 aliphatic rings. The van der Waals surface area contributed by atoms with Crippen LogP contribution in [0, 0.1) is 92.2 Å². The molecular weight excluding hydrogens is 516 g/mol. The van der Waals surface area contributed by atoms with Crippen molar-refractivity contribution in [1.82, 2.24) is 0 Å². The molecular formula is C43H80. The van der Waals surface area contributed by atoms with Gasteiger partial charge >= 0.3 is 0 Å². The van der Waals surface area contributed by atoms with Gasteiger partial charge in [0.25, 0.3) is 0 Å². The Balaban J connectivity index is 0.000000138. The maximum absolute atomic E-state index is 2.50. The van der Waals surface area contributed by atoms with Crippen molar-refractivity contribution >= 4 is 0 Å². The van der Waals surface area contributed by atoms with Gasteiger partial charge in [0.1, 0.15) is 0 Å². The molecule has 7 unspecified atom stereocenters. The van der Waals surface area contributed by atoms with Gasteiger partial charge in [0.15, 0.2) is 0 Å². The van der Waals surface area contributed by atoms with Crippen molar-refractivity contribution in [2.45, 2.75) is 181 Å². The Morgan fingerprint density at radius 1 is 0.512 bits per heavy atom. The molecule has 0 heterocycles. The maximum atomic E-state index is 2.50. The van der Waals surface area contributed by atoms with Crippen LogP contribution < -0.4 is 0 Å². The third-order valence-electron chi connectivity index (χ3n) is 14.3. The predicted molar refractivity (Wildman–Crippen MR) is 191 cm³/mol. The first-order valence-corrected chi connectivity index (χ1v) is 19.4. The maximum Gasteiger partial charge on any atom is -0.0295 e. The lowest BCUT2D eigenvalue weighted by atomic mass is 9.41. The molecule has 0 nitrogen and oxygen atoms in total. The Kier molecular flexibility index (Phi) is 10.5. The number of rotatable bonds is 1. The molecule has 0 saturated heterocycles. The Labute approximate surface area is 272 Å². The SMILES string of the molecule is C1C2CC3CC1CC(C2)C3.CC(C)(C)C.CC(C)(C)CC1CCC2CC1C2(C)C.CC1C(C(C)(C)C)CC2CC1C2(C)C. The van der Waals surface area contributed by atoms with Gasteiger partial charge in [-0.25, -0.2) is 0 Å². The van der Waals surface area contributed by atoms with Crippen molar-refractivity contribution in [3.05, 3.63) is 0 Å². The molecule has 10 saturated carbocycles. The van der Waals surface area contributed by atoms with Crippen LogP contribution in [0.15, 0.2) is 0 Å². The van der Waals surface area contributed by atoms with Crippen LogP contribution in [-0.4, -0.2) is 0 Å². The zero-order valence-corrected chi connectivity index (χ0v) is 32.3. The van der Waals surface area contributed by atoms with E-state index in [9.17, 15) is 0 Å². The van der Waals surface area contributed by atoms with Crippen molar-refractivity contribution < 1.29 is 0 Å². The Hall–Kier alpha value is 0. The van der Waals surface area contributed by atoms with Crippen LogP contribution in [0.2, 0.25) is 0 Å². The van der Waals surface area contributed by atoms with Gasteiger partial charge in [0.2, 0.25) is 0 Å². The lowest BCUT2D eigenvalue weighted by Crippen LogP contribution is -2.57. The molecule has 0 aromatic carbocycles. The average molecular weight is 597 g/mol. The first kappa shape index (κ1) is 35.8. The smallest absolute Gasteiger partial charge is 0.0295 e. The lowest BCUT2D eigenvalue weighted by Gasteiger charge is -2.64. The summed E-state index contributed by atoms with van der Waals surface area (Å²) in [6.07, 6.45) is 18.6. The highest BCUT2D eigenvalue weighted by atomic mass is 14.6. The molecule has 10 rings (SSSR count). The van der Waals surface area contributed by atoms with E-state index in [4.69, 9.17) is 0 Å². The third-order valence-corrected chi connectivity index (χ3v) is 14.3. The van der Waals surface area contributed by atoms with Gasteiger partial charge in [-0.2, -0.15) is 0 Å². The highest BCUT2D eigenvalue weighted by molar-refractivity contribution is 5.07. The van der Waals surface area contributed by atoms with Crippen molar-refractivity contribution in [2.24, 2.45) is 92.2 Å². The second kappa shape index (κ2) is 12.6. The highest BCUT2D eigenvalue weighted by Gasteiger charge is 2.58. The summed E-state index contributed by atoms with van der Waals surface area (Å²) >= 11 is 0. The van der Waals surface area contributed by atoms with Crippen molar-refractivity contribution in [2.75, 3.05) is 0 Å². The fourth-order valence-corrected chi connectivity index (χ4v) is 12.3. The first-order chi connectivity index (χ1) is 19.4. The Bertz CT molecular complexity index is 819. The Morgan fingerprint density at radius 3 is 1.21 bits per heavy atom. The monoisotopic (exact) mass is 597 g/mol. The normalized spacial score (nSPS) is 42.9. The molecule has 0 amide bonds. The van der Waals surface area contributed by atoms with Crippen molar-refractivity contribution in [3.8, 4) is 0 Å². The van der Waals surface area contributed by atoms with E-state index in [0.717, 1.165) is 41.4 Å².